The molecule has 6 nitrogen and oxygen atoms in total. The van der Waals surface area contributed by atoms with Gasteiger partial charge in [0.25, 0.3) is 5.91 Å². The highest BCUT2D eigenvalue weighted by molar-refractivity contribution is 6.01. The molecule has 1 N–H and O–H groups in total. The van der Waals surface area contributed by atoms with Gasteiger partial charge in [0.1, 0.15) is 0 Å². The summed E-state index contributed by atoms with van der Waals surface area (Å²) in [7, 11) is 0. The van der Waals surface area contributed by atoms with Crippen molar-refractivity contribution in [2.45, 2.75) is 0 Å². The zero-order valence-corrected chi connectivity index (χ0v) is 11.5. The Balaban J connectivity index is 1.62. The molecule has 0 unspecified atom stereocenters. The molecule has 0 atom stereocenters. The lowest BCUT2D eigenvalue weighted by molar-refractivity contribution is 0.0898. The number of carbonyl (C=O) groups is 2. The van der Waals surface area contributed by atoms with Crippen LogP contribution in [0.15, 0.2) is 63.7 Å². The van der Waals surface area contributed by atoms with Gasteiger partial charge in [0.15, 0.2) is 17.2 Å². The third-order valence-electron chi connectivity index (χ3n) is 3.01. The summed E-state index contributed by atoms with van der Waals surface area (Å²) >= 11 is 0. The number of amides is 1. The van der Waals surface area contributed by atoms with Crippen LogP contribution in [0.1, 0.15) is 20.8 Å². The van der Waals surface area contributed by atoms with Crippen molar-refractivity contribution in [2.24, 2.45) is 0 Å². The Morgan fingerprint density at radius 2 is 1.86 bits per heavy atom. The van der Waals surface area contributed by atoms with Crippen LogP contribution in [-0.4, -0.2) is 23.4 Å². The third kappa shape index (κ3) is 2.95. The fraction of sp³-hybridized carbons (Fsp3) is 0.0625. The van der Waals surface area contributed by atoms with Crippen molar-refractivity contribution in [1.29, 1.82) is 0 Å². The van der Waals surface area contributed by atoms with Crippen LogP contribution in [-0.2, 0) is 0 Å². The van der Waals surface area contributed by atoms with Gasteiger partial charge in [0.2, 0.25) is 5.76 Å². The second-order valence-electron chi connectivity index (χ2n) is 4.53. The van der Waals surface area contributed by atoms with Gasteiger partial charge >= 0.3 is 0 Å². The first kappa shape index (κ1) is 13.8. The molecule has 22 heavy (non-hydrogen) atoms. The molecule has 0 aliphatic rings. The van der Waals surface area contributed by atoms with Crippen molar-refractivity contribution in [2.75, 3.05) is 6.54 Å². The molecule has 0 fully saturated rings. The van der Waals surface area contributed by atoms with E-state index in [4.69, 9.17) is 8.94 Å². The molecular weight excluding hydrogens is 284 g/mol. The van der Waals surface area contributed by atoms with Gasteiger partial charge in [-0.1, -0.05) is 35.5 Å². The maximum absolute atomic E-state index is 11.9. The Morgan fingerprint density at radius 1 is 1.05 bits per heavy atom. The highest BCUT2D eigenvalue weighted by Crippen LogP contribution is 2.20. The molecule has 0 aliphatic carbocycles. The van der Waals surface area contributed by atoms with Gasteiger partial charge in [-0.05, 0) is 12.1 Å². The Labute approximate surface area is 125 Å². The van der Waals surface area contributed by atoms with E-state index in [0.29, 0.717) is 17.1 Å². The second-order valence-corrected chi connectivity index (χ2v) is 4.53. The van der Waals surface area contributed by atoms with E-state index in [1.54, 1.807) is 36.4 Å². The SMILES string of the molecule is O=C(CNC(=O)c1cc(-c2ccco2)on1)c1ccccc1. The van der Waals surface area contributed by atoms with Crippen LogP contribution in [0, 0.1) is 0 Å². The molecule has 2 aromatic heterocycles. The van der Waals surface area contributed by atoms with Crippen LogP contribution in [0.25, 0.3) is 11.5 Å². The fourth-order valence-corrected chi connectivity index (χ4v) is 1.89. The molecule has 0 spiro atoms. The smallest absolute Gasteiger partial charge is 0.273 e. The number of rotatable bonds is 5. The largest absolute Gasteiger partial charge is 0.461 e. The number of hydrogen-bond acceptors (Lipinski definition) is 5. The molecule has 6 heteroatoms. The van der Waals surface area contributed by atoms with E-state index in [2.05, 4.69) is 10.5 Å². The van der Waals surface area contributed by atoms with E-state index in [9.17, 15) is 9.59 Å². The number of benzene rings is 1. The van der Waals surface area contributed by atoms with Crippen molar-refractivity contribution < 1.29 is 18.5 Å². The minimum absolute atomic E-state index is 0.0901. The summed E-state index contributed by atoms with van der Waals surface area (Å²) in [6.45, 7) is -0.105. The zero-order chi connectivity index (χ0) is 15.4. The molecule has 0 aliphatic heterocycles. The maximum Gasteiger partial charge on any atom is 0.273 e. The van der Waals surface area contributed by atoms with E-state index < -0.39 is 5.91 Å². The zero-order valence-electron chi connectivity index (χ0n) is 11.5. The molecule has 0 bridgehead atoms. The lowest BCUT2D eigenvalue weighted by Gasteiger charge is -2.02. The average molecular weight is 296 g/mol. The number of furan rings is 1. The molecule has 1 amide bonds. The van der Waals surface area contributed by atoms with Crippen LogP contribution in [0.2, 0.25) is 0 Å². The van der Waals surface area contributed by atoms with Gasteiger partial charge < -0.3 is 14.3 Å². The summed E-state index contributed by atoms with van der Waals surface area (Å²) in [5.41, 5.74) is 0.631. The summed E-state index contributed by atoms with van der Waals surface area (Å²) in [6.07, 6.45) is 1.50. The molecule has 3 rings (SSSR count). The number of Topliss-reactive ketones (excluding diaryl/α,β-unsaturated/α-hetero) is 1. The van der Waals surface area contributed by atoms with Crippen LogP contribution in [0.5, 0.6) is 0 Å². The molecule has 0 saturated heterocycles. The Hall–Kier alpha value is -3.15. The Morgan fingerprint density at radius 3 is 2.59 bits per heavy atom. The third-order valence-corrected chi connectivity index (χ3v) is 3.01. The lowest BCUT2D eigenvalue weighted by atomic mass is 10.1. The average Bonchev–Trinajstić information content (AvgIpc) is 3.23. The van der Waals surface area contributed by atoms with E-state index >= 15 is 0 Å². The molecule has 110 valence electrons. The number of nitrogens with zero attached hydrogens (tertiary/aromatic N) is 1. The van der Waals surface area contributed by atoms with E-state index in [0.717, 1.165) is 0 Å². The summed E-state index contributed by atoms with van der Waals surface area (Å²) in [4.78, 5) is 23.8. The summed E-state index contributed by atoms with van der Waals surface area (Å²) in [5, 5.41) is 6.18. The van der Waals surface area contributed by atoms with Crippen molar-refractivity contribution in [3.63, 3.8) is 0 Å². The Kier molecular flexibility index (Phi) is 3.82. The predicted molar refractivity (Wildman–Crippen MR) is 77.3 cm³/mol. The predicted octanol–water partition coefficient (Wildman–Crippen LogP) is 2.55. The van der Waals surface area contributed by atoms with Gasteiger partial charge in [-0.2, -0.15) is 0 Å². The first-order valence-corrected chi connectivity index (χ1v) is 6.61. The number of hydrogen-bond donors (Lipinski definition) is 1. The number of aromatic nitrogens is 1. The quantitative estimate of drug-likeness (QED) is 0.731. The summed E-state index contributed by atoms with van der Waals surface area (Å²) < 4.78 is 10.2. The molecule has 0 radical (unpaired) electrons. The van der Waals surface area contributed by atoms with Crippen LogP contribution < -0.4 is 5.32 Å². The summed E-state index contributed by atoms with van der Waals surface area (Å²) in [6, 6.07) is 13.6. The number of ketones is 1. The van der Waals surface area contributed by atoms with Gasteiger partial charge in [-0.3, -0.25) is 9.59 Å². The van der Waals surface area contributed by atoms with Gasteiger partial charge in [0.05, 0.1) is 12.8 Å². The van der Waals surface area contributed by atoms with Crippen LogP contribution in [0.3, 0.4) is 0 Å². The van der Waals surface area contributed by atoms with Crippen LogP contribution in [0.4, 0.5) is 0 Å². The van der Waals surface area contributed by atoms with Crippen LogP contribution >= 0.6 is 0 Å². The number of nitrogens with one attached hydrogen (secondary N) is 1. The van der Waals surface area contributed by atoms with Crippen molar-refractivity contribution >= 4 is 11.7 Å². The number of carbonyl (C=O) groups excluding carboxylic acids is 2. The van der Waals surface area contributed by atoms with Gasteiger partial charge in [-0.15, -0.1) is 0 Å². The molecule has 2 heterocycles. The topological polar surface area (TPSA) is 85.3 Å². The highest BCUT2D eigenvalue weighted by atomic mass is 16.5. The van der Waals surface area contributed by atoms with Crippen molar-refractivity contribution in [3.8, 4) is 11.5 Å². The standard InChI is InChI=1S/C16H12N2O4/c19-13(11-5-2-1-3-6-11)10-17-16(20)12-9-15(22-18-12)14-7-4-8-21-14/h1-9H,10H2,(H,17,20). The molecule has 3 aromatic rings. The van der Waals surface area contributed by atoms with E-state index in [1.807, 2.05) is 6.07 Å². The van der Waals surface area contributed by atoms with Gasteiger partial charge in [0, 0.05) is 11.6 Å². The minimum Gasteiger partial charge on any atom is -0.461 e. The van der Waals surface area contributed by atoms with E-state index in [-0.39, 0.29) is 18.0 Å². The molecular formula is C16H12N2O4. The molecule has 1 aromatic carbocycles. The normalized spacial score (nSPS) is 10.4. The highest BCUT2D eigenvalue weighted by Gasteiger charge is 2.16. The van der Waals surface area contributed by atoms with Crippen molar-refractivity contribution in [3.05, 3.63) is 66.1 Å². The second kappa shape index (κ2) is 6.09. The van der Waals surface area contributed by atoms with E-state index in [1.165, 1.54) is 12.3 Å². The fourth-order valence-electron chi connectivity index (χ4n) is 1.89. The first-order chi connectivity index (χ1) is 10.7. The van der Waals surface area contributed by atoms with Crippen molar-refractivity contribution in [1.82, 2.24) is 10.5 Å². The Bertz CT molecular complexity index is 776. The summed E-state index contributed by atoms with van der Waals surface area (Å²) in [5.74, 6) is 0.172. The lowest BCUT2D eigenvalue weighted by Crippen LogP contribution is -2.29. The first-order valence-electron chi connectivity index (χ1n) is 6.61. The molecule has 0 saturated carbocycles. The monoisotopic (exact) mass is 296 g/mol. The maximum atomic E-state index is 11.9. The van der Waals surface area contributed by atoms with Gasteiger partial charge in [-0.25, -0.2) is 0 Å². The minimum atomic E-state index is -0.481.